The molecule has 3 rings (SSSR count). The van der Waals surface area contributed by atoms with Gasteiger partial charge >= 0.3 is 0 Å². The van der Waals surface area contributed by atoms with Gasteiger partial charge in [-0.1, -0.05) is 35.3 Å². The number of aromatic nitrogens is 2. The van der Waals surface area contributed by atoms with Gasteiger partial charge in [0, 0.05) is 16.8 Å². The summed E-state index contributed by atoms with van der Waals surface area (Å²) in [5, 5.41) is 11.8. The van der Waals surface area contributed by atoms with E-state index in [1.54, 1.807) is 18.2 Å². The number of hydrogen-bond acceptors (Lipinski definition) is 3. The number of benzene rings is 1. The first-order valence-corrected chi connectivity index (χ1v) is 7.76. The Morgan fingerprint density at radius 3 is 3.00 bits per heavy atom. The Morgan fingerprint density at radius 2 is 2.14 bits per heavy atom. The van der Waals surface area contributed by atoms with Crippen molar-refractivity contribution in [2.24, 2.45) is 5.10 Å². The van der Waals surface area contributed by atoms with E-state index in [2.05, 4.69) is 20.7 Å². The van der Waals surface area contributed by atoms with Crippen LogP contribution in [0, 0.1) is 0 Å². The largest absolute Gasteiger partial charge is 0.292 e. The van der Waals surface area contributed by atoms with Gasteiger partial charge in [0.05, 0.1) is 16.3 Å². The van der Waals surface area contributed by atoms with E-state index in [9.17, 15) is 4.79 Å². The summed E-state index contributed by atoms with van der Waals surface area (Å²) in [6.07, 6.45) is 5.48. The van der Waals surface area contributed by atoms with E-state index in [0.717, 1.165) is 36.9 Å². The number of rotatable bonds is 3. The summed E-state index contributed by atoms with van der Waals surface area (Å²) >= 11 is 12.0. The highest BCUT2D eigenvalue weighted by molar-refractivity contribution is 6.43. The number of amides is 1. The Morgan fingerprint density at radius 1 is 1.32 bits per heavy atom. The van der Waals surface area contributed by atoms with E-state index in [0.29, 0.717) is 21.3 Å². The maximum Gasteiger partial charge on any atom is 0.292 e. The van der Waals surface area contributed by atoms with E-state index in [4.69, 9.17) is 23.2 Å². The molecule has 22 heavy (non-hydrogen) atoms. The molecule has 1 amide bonds. The molecule has 1 aromatic heterocycles. The van der Waals surface area contributed by atoms with Gasteiger partial charge in [-0.2, -0.15) is 10.2 Å². The van der Waals surface area contributed by atoms with Crippen molar-refractivity contribution >= 4 is 35.3 Å². The lowest BCUT2D eigenvalue weighted by molar-refractivity contribution is 0.0949. The Bertz CT molecular complexity index is 739. The molecule has 0 bridgehead atoms. The van der Waals surface area contributed by atoms with E-state index in [1.165, 1.54) is 6.21 Å². The number of aromatic amines is 1. The quantitative estimate of drug-likeness (QED) is 0.666. The second-order valence-electron chi connectivity index (χ2n) is 5.08. The third kappa shape index (κ3) is 3.00. The molecule has 0 aliphatic heterocycles. The van der Waals surface area contributed by atoms with Crippen LogP contribution in [0.3, 0.4) is 0 Å². The third-order valence-electron chi connectivity index (χ3n) is 3.62. The van der Waals surface area contributed by atoms with Gasteiger partial charge in [0.25, 0.3) is 5.91 Å². The number of carbonyl (C=O) groups is 1. The molecular formula is C15H14Cl2N4O. The van der Waals surface area contributed by atoms with E-state index >= 15 is 0 Å². The molecule has 5 nitrogen and oxygen atoms in total. The number of hydrazone groups is 1. The molecule has 1 aliphatic rings. The average molecular weight is 337 g/mol. The second-order valence-corrected chi connectivity index (χ2v) is 5.86. The van der Waals surface area contributed by atoms with Crippen LogP contribution in [0.4, 0.5) is 0 Å². The van der Waals surface area contributed by atoms with E-state index in [1.807, 2.05) is 0 Å². The number of halogens is 2. The molecule has 2 N–H and O–H groups in total. The Labute approximate surface area is 137 Å². The minimum absolute atomic E-state index is 0.325. The molecule has 7 heteroatoms. The normalized spacial score (nSPS) is 14.1. The average Bonchev–Trinajstić information content (AvgIpc) is 2.95. The highest BCUT2D eigenvalue weighted by Gasteiger charge is 2.21. The first-order valence-electron chi connectivity index (χ1n) is 7.00. The van der Waals surface area contributed by atoms with Crippen LogP contribution in [0.5, 0.6) is 0 Å². The highest BCUT2D eigenvalue weighted by atomic mass is 35.5. The topological polar surface area (TPSA) is 70.1 Å². The molecule has 1 aliphatic carbocycles. The van der Waals surface area contributed by atoms with Crippen molar-refractivity contribution in [1.29, 1.82) is 0 Å². The predicted molar refractivity (Wildman–Crippen MR) is 86.8 cm³/mol. The molecule has 1 heterocycles. The Kier molecular flexibility index (Phi) is 4.45. The van der Waals surface area contributed by atoms with Gasteiger partial charge in [0.1, 0.15) is 0 Å². The monoisotopic (exact) mass is 336 g/mol. The third-order valence-corrected chi connectivity index (χ3v) is 4.46. The minimum atomic E-state index is -0.325. The molecular weight excluding hydrogens is 323 g/mol. The molecule has 0 spiro atoms. The van der Waals surface area contributed by atoms with Crippen LogP contribution >= 0.6 is 23.2 Å². The standard InChI is InChI=1S/C15H14Cl2N4O/c16-11-6-3-4-9(13(11)17)8-18-21-15(22)14-10-5-1-2-7-12(10)19-20-14/h3-4,6,8H,1-2,5,7H2,(H,19,20)(H,21,22). The van der Waals surface area contributed by atoms with Crippen LogP contribution in [0.15, 0.2) is 23.3 Å². The van der Waals surface area contributed by atoms with Crippen LogP contribution in [-0.4, -0.2) is 22.3 Å². The number of nitrogens with zero attached hydrogens (tertiary/aromatic N) is 2. The lowest BCUT2D eigenvalue weighted by Crippen LogP contribution is -2.20. The van der Waals surface area contributed by atoms with Crippen molar-refractivity contribution in [3.8, 4) is 0 Å². The fourth-order valence-electron chi connectivity index (χ4n) is 2.50. The molecule has 0 atom stereocenters. The van der Waals surface area contributed by atoms with E-state index in [-0.39, 0.29) is 5.91 Å². The van der Waals surface area contributed by atoms with Gasteiger partial charge in [-0.3, -0.25) is 9.89 Å². The number of fused-ring (bicyclic) bond motifs is 1. The van der Waals surface area contributed by atoms with Crippen LogP contribution in [0.1, 0.15) is 40.2 Å². The zero-order chi connectivity index (χ0) is 15.5. The number of nitrogens with one attached hydrogen (secondary N) is 2. The van der Waals surface area contributed by atoms with Crippen molar-refractivity contribution in [3.63, 3.8) is 0 Å². The van der Waals surface area contributed by atoms with Gasteiger partial charge in [0.2, 0.25) is 0 Å². The zero-order valence-corrected chi connectivity index (χ0v) is 13.2. The summed E-state index contributed by atoms with van der Waals surface area (Å²) in [6, 6.07) is 5.22. The van der Waals surface area contributed by atoms with Gasteiger partial charge in [-0.05, 0) is 31.7 Å². The van der Waals surface area contributed by atoms with Crippen molar-refractivity contribution < 1.29 is 4.79 Å². The summed E-state index contributed by atoms with van der Waals surface area (Å²) in [4.78, 5) is 12.2. The highest BCUT2D eigenvalue weighted by Crippen LogP contribution is 2.24. The molecule has 1 aromatic carbocycles. The first kappa shape index (κ1) is 15.1. The number of H-pyrrole nitrogens is 1. The number of carbonyl (C=O) groups excluding carboxylic acids is 1. The fourth-order valence-corrected chi connectivity index (χ4v) is 2.86. The van der Waals surface area contributed by atoms with Crippen molar-refractivity contribution in [1.82, 2.24) is 15.6 Å². The number of hydrogen-bond donors (Lipinski definition) is 2. The molecule has 0 unspecified atom stereocenters. The molecule has 0 saturated heterocycles. The van der Waals surface area contributed by atoms with E-state index < -0.39 is 0 Å². The summed E-state index contributed by atoms with van der Waals surface area (Å²) in [7, 11) is 0. The lowest BCUT2D eigenvalue weighted by Gasteiger charge is -2.10. The second kappa shape index (κ2) is 6.50. The van der Waals surface area contributed by atoms with Gasteiger partial charge < -0.3 is 0 Å². The van der Waals surface area contributed by atoms with Crippen LogP contribution in [0.25, 0.3) is 0 Å². The maximum absolute atomic E-state index is 12.2. The molecule has 0 saturated carbocycles. The molecule has 114 valence electrons. The molecule has 0 fully saturated rings. The smallest absolute Gasteiger partial charge is 0.281 e. The lowest BCUT2D eigenvalue weighted by atomic mass is 9.96. The van der Waals surface area contributed by atoms with Gasteiger partial charge in [-0.25, -0.2) is 5.43 Å². The predicted octanol–water partition coefficient (Wildman–Crippen LogP) is 3.36. The van der Waals surface area contributed by atoms with Crippen LogP contribution in [0.2, 0.25) is 10.0 Å². The fraction of sp³-hybridized carbons (Fsp3) is 0.267. The summed E-state index contributed by atoms with van der Waals surface area (Å²) < 4.78 is 0. The molecule has 0 radical (unpaired) electrons. The summed E-state index contributed by atoms with van der Waals surface area (Å²) in [5.41, 5.74) is 5.59. The van der Waals surface area contributed by atoms with Crippen molar-refractivity contribution in [3.05, 3.63) is 50.8 Å². The first-order chi connectivity index (χ1) is 10.7. The number of aryl methyl sites for hydroxylation is 1. The zero-order valence-electron chi connectivity index (χ0n) is 11.7. The summed E-state index contributed by atoms with van der Waals surface area (Å²) in [5.74, 6) is -0.325. The van der Waals surface area contributed by atoms with Crippen molar-refractivity contribution in [2.45, 2.75) is 25.7 Å². The van der Waals surface area contributed by atoms with Gasteiger partial charge in [-0.15, -0.1) is 0 Å². The van der Waals surface area contributed by atoms with Crippen LogP contribution < -0.4 is 5.43 Å². The summed E-state index contributed by atoms with van der Waals surface area (Å²) in [6.45, 7) is 0. The SMILES string of the molecule is O=C(NN=Cc1cccc(Cl)c1Cl)c1n[nH]c2c1CCCC2. The Balaban J connectivity index is 1.71. The maximum atomic E-state index is 12.2. The van der Waals surface area contributed by atoms with Crippen molar-refractivity contribution in [2.75, 3.05) is 0 Å². The molecule has 2 aromatic rings. The van der Waals surface area contributed by atoms with Gasteiger partial charge in [0.15, 0.2) is 5.69 Å². The van der Waals surface area contributed by atoms with Crippen LogP contribution in [-0.2, 0) is 12.8 Å². The minimum Gasteiger partial charge on any atom is -0.281 e. The Hall–Kier alpha value is -1.85.